The van der Waals surface area contributed by atoms with Crippen molar-refractivity contribution in [1.82, 2.24) is 5.32 Å². The SMILES string of the molecule is COc1ccc(C2Cc3ccc(N4CCNCC4)cc3OC2=O)cc1. The Morgan fingerprint density at radius 2 is 1.88 bits per heavy atom. The molecule has 5 nitrogen and oxygen atoms in total. The van der Waals surface area contributed by atoms with Crippen molar-refractivity contribution in [2.24, 2.45) is 0 Å². The average Bonchev–Trinajstić information content (AvgIpc) is 2.68. The summed E-state index contributed by atoms with van der Waals surface area (Å²) in [6, 6.07) is 13.9. The number of rotatable bonds is 3. The van der Waals surface area contributed by atoms with E-state index in [0.29, 0.717) is 12.2 Å². The molecule has 2 aliphatic rings. The van der Waals surface area contributed by atoms with Crippen LogP contribution < -0.4 is 19.7 Å². The second-order valence-electron chi connectivity index (χ2n) is 6.48. The van der Waals surface area contributed by atoms with Gasteiger partial charge in [0, 0.05) is 37.9 Å². The molecule has 1 atom stereocenters. The Labute approximate surface area is 147 Å². The molecule has 1 fully saturated rings. The number of piperazine rings is 1. The third kappa shape index (κ3) is 3.20. The Balaban J connectivity index is 1.56. The summed E-state index contributed by atoms with van der Waals surface area (Å²) in [6.07, 6.45) is 0.669. The number of methoxy groups -OCH3 is 1. The number of anilines is 1. The summed E-state index contributed by atoms with van der Waals surface area (Å²) in [5, 5.41) is 3.35. The van der Waals surface area contributed by atoms with Crippen LogP contribution in [0.15, 0.2) is 42.5 Å². The van der Waals surface area contributed by atoms with Crippen molar-refractivity contribution >= 4 is 11.7 Å². The Bertz CT molecular complexity index is 767. The van der Waals surface area contributed by atoms with E-state index in [0.717, 1.165) is 48.7 Å². The lowest BCUT2D eigenvalue weighted by Gasteiger charge is -2.31. The maximum Gasteiger partial charge on any atom is 0.319 e. The van der Waals surface area contributed by atoms with Crippen molar-refractivity contribution in [3.05, 3.63) is 53.6 Å². The number of carbonyl (C=O) groups excluding carboxylic acids is 1. The van der Waals surface area contributed by atoms with Gasteiger partial charge in [0.15, 0.2) is 0 Å². The molecule has 0 saturated carbocycles. The fourth-order valence-electron chi connectivity index (χ4n) is 3.50. The third-order valence-corrected chi connectivity index (χ3v) is 4.97. The molecule has 1 N–H and O–H groups in total. The second-order valence-corrected chi connectivity index (χ2v) is 6.48. The standard InChI is InChI=1S/C20H22N2O3/c1-24-17-6-3-14(4-7-17)18-12-15-2-5-16(13-19(15)25-20(18)23)22-10-8-21-9-11-22/h2-7,13,18,21H,8-12H2,1H3. The molecule has 2 aromatic carbocycles. The number of nitrogens with one attached hydrogen (secondary N) is 1. The van der Waals surface area contributed by atoms with Crippen LogP contribution >= 0.6 is 0 Å². The van der Waals surface area contributed by atoms with Crippen LogP contribution in [0.3, 0.4) is 0 Å². The smallest absolute Gasteiger partial charge is 0.319 e. The molecular formula is C20H22N2O3. The van der Waals surface area contributed by atoms with Gasteiger partial charge in [0.25, 0.3) is 0 Å². The first-order valence-corrected chi connectivity index (χ1v) is 8.69. The third-order valence-electron chi connectivity index (χ3n) is 4.97. The monoisotopic (exact) mass is 338 g/mol. The van der Waals surface area contributed by atoms with Gasteiger partial charge < -0.3 is 19.7 Å². The molecule has 0 aromatic heterocycles. The van der Waals surface area contributed by atoms with Gasteiger partial charge in [0.1, 0.15) is 11.5 Å². The molecule has 4 rings (SSSR count). The molecule has 0 amide bonds. The molecule has 2 aromatic rings. The number of nitrogens with zero attached hydrogens (tertiary/aromatic N) is 1. The molecule has 0 bridgehead atoms. The zero-order valence-electron chi connectivity index (χ0n) is 14.3. The highest BCUT2D eigenvalue weighted by molar-refractivity contribution is 5.83. The lowest BCUT2D eigenvalue weighted by molar-refractivity contribution is -0.137. The van der Waals surface area contributed by atoms with Crippen molar-refractivity contribution in [1.29, 1.82) is 0 Å². The molecule has 1 unspecified atom stereocenters. The summed E-state index contributed by atoms with van der Waals surface area (Å²) in [6.45, 7) is 3.91. The van der Waals surface area contributed by atoms with E-state index in [4.69, 9.17) is 9.47 Å². The Morgan fingerprint density at radius 3 is 2.60 bits per heavy atom. The lowest BCUT2D eigenvalue weighted by atomic mass is 9.89. The van der Waals surface area contributed by atoms with E-state index in [1.54, 1.807) is 7.11 Å². The van der Waals surface area contributed by atoms with Crippen molar-refractivity contribution in [2.45, 2.75) is 12.3 Å². The van der Waals surface area contributed by atoms with Crippen LogP contribution in [-0.4, -0.2) is 39.3 Å². The van der Waals surface area contributed by atoms with E-state index in [1.165, 1.54) is 0 Å². The molecule has 2 aliphatic heterocycles. The molecule has 5 heteroatoms. The fraction of sp³-hybridized carbons (Fsp3) is 0.350. The van der Waals surface area contributed by atoms with E-state index >= 15 is 0 Å². The van der Waals surface area contributed by atoms with Crippen LogP contribution in [0.4, 0.5) is 5.69 Å². The Morgan fingerprint density at radius 1 is 1.12 bits per heavy atom. The second kappa shape index (κ2) is 6.76. The van der Waals surface area contributed by atoms with Gasteiger partial charge in [0.05, 0.1) is 13.0 Å². The van der Waals surface area contributed by atoms with Crippen LogP contribution in [0, 0.1) is 0 Å². The first-order chi connectivity index (χ1) is 12.2. The highest BCUT2D eigenvalue weighted by Gasteiger charge is 2.30. The number of ether oxygens (including phenoxy) is 2. The van der Waals surface area contributed by atoms with Gasteiger partial charge in [-0.3, -0.25) is 4.79 Å². The Kier molecular flexibility index (Phi) is 4.32. The zero-order valence-corrected chi connectivity index (χ0v) is 14.3. The maximum absolute atomic E-state index is 12.5. The number of benzene rings is 2. The van der Waals surface area contributed by atoms with E-state index in [9.17, 15) is 4.79 Å². The quantitative estimate of drug-likeness (QED) is 0.688. The van der Waals surface area contributed by atoms with Crippen molar-refractivity contribution in [3.63, 3.8) is 0 Å². The highest BCUT2D eigenvalue weighted by Crippen LogP contribution is 2.36. The van der Waals surface area contributed by atoms with Gasteiger partial charge in [-0.15, -0.1) is 0 Å². The van der Waals surface area contributed by atoms with E-state index in [1.807, 2.05) is 30.3 Å². The summed E-state index contributed by atoms with van der Waals surface area (Å²) < 4.78 is 10.9. The van der Waals surface area contributed by atoms with Crippen molar-refractivity contribution < 1.29 is 14.3 Å². The molecular weight excluding hydrogens is 316 g/mol. The van der Waals surface area contributed by atoms with Gasteiger partial charge in [0.2, 0.25) is 0 Å². The number of esters is 1. The minimum absolute atomic E-state index is 0.185. The van der Waals surface area contributed by atoms with Gasteiger partial charge in [-0.1, -0.05) is 18.2 Å². The minimum atomic E-state index is -0.261. The summed E-state index contributed by atoms with van der Waals surface area (Å²) >= 11 is 0. The van der Waals surface area contributed by atoms with Gasteiger partial charge in [-0.05, 0) is 35.7 Å². The zero-order chi connectivity index (χ0) is 17.2. The van der Waals surface area contributed by atoms with Crippen LogP contribution in [-0.2, 0) is 11.2 Å². The molecule has 1 saturated heterocycles. The topological polar surface area (TPSA) is 50.8 Å². The largest absolute Gasteiger partial charge is 0.497 e. The predicted molar refractivity (Wildman–Crippen MR) is 96.6 cm³/mol. The number of hydrogen-bond acceptors (Lipinski definition) is 5. The van der Waals surface area contributed by atoms with E-state index < -0.39 is 0 Å². The number of fused-ring (bicyclic) bond motifs is 1. The van der Waals surface area contributed by atoms with Crippen molar-refractivity contribution in [2.75, 3.05) is 38.2 Å². The summed E-state index contributed by atoms with van der Waals surface area (Å²) in [5.74, 6) is 1.04. The molecule has 0 aliphatic carbocycles. The fourth-order valence-corrected chi connectivity index (χ4v) is 3.50. The first-order valence-electron chi connectivity index (χ1n) is 8.69. The molecule has 0 spiro atoms. The van der Waals surface area contributed by atoms with Crippen LogP contribution in [0.1, 0.15) is 17.0 Å². The average molecular weight is 338 g/mol. The lowest BCUT2D eigenvalue weighted by Crippen LogP contribution is -2.43. The Hall–Kier alpha value is -2.53. The van der Waals surface area contributed by atoms with Crippen LogP contribution in [0.25, 0.3) is 0 Å². The number of carbonyl (C=O) groups is 1. The first kappa shape index (κ1) is 16.0. The predicted octanol–water partition coefficient (Wildman–Crippen LogP) is 2.35. The maximum atomic E-state index is 12.5. The molecule has 2 heterocycles. The van der Waals surface area contributed by atoms with Crippen molar-refractivity contribution in [3.8, 4) is 11.5 Å². The van der Waals surface area contributed by atoms with E-state index in [-0.39, 0.29) is 11.9 Å². The summed E-state index contributed by atoms with van der Waals surface area (Å²) in [4.78, 5) is 14.8. The van der Waals surface area contributed by atoms with Gasteiger partial charge >= 0.3 is 5.97 Å². The normalized spacial score (nSPS) is 20.0. The van der Waals surface area contributed by atoms with Gasteiger partial charge in [-0.25, -0.2) is 0 Å². The van der Waals surface area contributed by atoms with Crippen LogP contribution in [0.2, 0.25) is 0 Å². The minimum Gasteiger partial charge on any atom is -0.497 e. The molecule has 130 valence electrons. The van der Waals surface area contributed by atoms with Crippen LogP contribution in [0.5, 0.6) is 11.5 Å². The summed E-state index contributed by atoms with van der Waals surface area (Å²) in [7, 11) is 1.64. The highest BCUT2D eigenvalue weighted by atomic mass is 16.5. The van der Waals surface area contributed by atoms with E-state index in [2.05, 4.69) is 22.3 Å². The number of hydrogen-bond donors (Lipinski definition) is 1. The van der Waals surface area contributed by atoms with Gasteiger partial charge in [-0.2, -0.15) is 0 Å². The summed E-state index contributed by atoms with van der Waals surface area (Å²) in [5.41, 5.74) is 3.16. The molecule has 0 radical (unpaired) electrons. The molecule has 25 heavy (non-hydrogen) atoms.